The molecule has 5 nitrogen and oxygen atoms in total. The summed E-state index contributed by atoms with van der Waals surface area (Å²) >= 11 is 18.0. The molecule has 3 rings (SSSR count). The number of methoxy groups -OCH3 is 1. The number of anilines is 1. The van der Waals surface area contributed by atoms with Crippen molar-refractivity contribution in [3.8, 4) is 5.69 Å². The third-order valence-electron chi connectivity index (χ3n) is 4.15. The summed E-state index contributed by atoms with van der Waals surface area (Å²) in [7, 11) is 1.73. The van der Waals surface area contributed by atoms with Crippen LogP contribution in [0.25, 0.3) is 5.69 Å². The Morgan fingerprint density at radius 1 is 1.25 bits per heavy atom. The summed E-state index contributed by atoms with van der Waals surface area (Å²) in [4.78, 5) is 12.1. The van der Waals surface area contributed by atoms with Crippen LogP contribution in [0.4, 0.5) is 5.69 Å². The number of ether oxygens (including phenoxy) is 1. The van der Waals surface area contributed by atoms with E-state index in [2.05, 4.69) is 10.4 Å². The molecule has 1 saturated carbocycles. The molecule has 8 heteroatoms. The lowest BCUT2D eigenvalue weighted by Gasteiger charge is -2.16. The molecule has 0 radical (unpaired) electrons. The van der Waals surface area contributed by atoms with Crippen LogP contribution in [0.1, 0.15) is 19.3 Å². The van der Waals surface area contributed by atoms with Gasteiger partial charge >= 0.3 is 0 Å². The number of benzene rings is 1. The highest BCUT2D eigenvalue weighted by atomic mass is 35.5. The Kier molecular flexibility index (Phi) is 5.35. The van der Waals surface area contributed by atoms with E-state index >= 15 is 0 Å². The van der Waals surface area contributed by atoms with Gasteiger partial charge in [-0.05, 0) is 37.5 Å². The molecule has 1 aliphatic rings. The molecular weight excluding hydrogens is 373 g/mol. The third kappa shape index (κ3) is 3.54. The van der Waals surface area contributed by atoms with Gasteiger partial charge in [0, 0.05) is 13.2 Å². The first-order valence-electron chi connectivity index (χ1n) is 7.52. The lowest BCUT2D eigenvalue weighted by molar-refractivity contribution is 0.108. The van der Waals surface area contributed by atoms with Gasteiger partial charge in [-0.15, -0.1) is 0 Å². The average molecular weight is 389 g/mol. The smallest absolute Gasteiger partial charge is 0.291 e. The minimum Gasteiger partial charge on any atom is -0.381 e. The van der Waals surface area contributed by atoms with Crippen LogP contribution in [0.3, 0.4) is 0 Å². The summed E-state index contributed by atoms with van der Waals surface area (Å²) < 4.78 is 6.54. The first kappa shape index (κ1) is 17.5. The van der Waals surface area contributed by atoms with E-state index in [-0.39, 0.29) is 10.0 Å². The first-order chi connectivity index (χ1) is 11.5. The Hall–Kier alpha value is -1.27. The van der Waals surface area contributed by atoms with Crippen molar-refractivity contribution in [2.45, 2.75) is 31.4 Å². The van der Waals surface area contributed by atoms with Crippen molar-refractivity contribution in [3.63, 3.8) is 0 Å². The second-order valence-corrected chi connectivity index (χ2v) is 6.89. The molecule has 1 heterocycles. The third-order valence-corrected chi connectivity index (χ3v) is 5.21. The molecule has 0 spiro atoms. The molecule has 0 amide bonds. The second kappa shape index (κ2) is 7.31. The summed E-state index contributed by atoms with van der Waals surface area (Å²) in [5, 5.41) is 7.98. The Bertz CT molecular complexity index is 810. The van der Waals surface area contributed by atoms with Gasteiger partial charge in [0.05, 0.1) is 33.7 Å². The molecule has 128 valence electrons. The highest BCUT2D eigenvalue weighted by Crippen LogP contribution is 2.30. The fourth-order valence-corrected chi connectivity index (χ4v) is 3.34. The normalized spacial score (nSPS) is 20.3. The van der Waals surface area contributed by atoms with Gasteiger partial charge in [0.1, 0.15) is 5.02 Å². The van der Waals surface area contributed by atoms with Crippen LogP contribution >= 0.6 is 34.8 Å². The Labute approximate surface area is 154 Å². The van der Waals surface area contributed by atoms with Gasteiger partial charge < -0.3 is 10.1 Å². The topological polar surface area (TPSA) is 56.1 Å². The van der Waals surface area contributed by atoms with E-state index < -0.39 is 5.56 Å². The maximum atomic E-state index is 12.1. The van der Waals surface area contributed by atoms with Crippen LogP contribution in [0.15, 0.2) is 29.2 Å². The van der Waals surface area contributed by atoms with Gasteiger partial charge in [-0.25, -0.2) is 0 Å². The highest BCUT2D eigenvalue weighted by Gasteiger charge is 2.24. The number of nitrogens with zero attached hydrogens (tertiary/aromatic N) is 2. The molecule has 1 N–H and O–H groups in total. The van der Waals surface area contributed by atoms with Gasteiger partial charge in [0.15, 0.2) is 0 Å². The molecule has 2 aromatic rings. The molecule has 2 unspecified atom stereocenters. The van der Waals surface area contributed by atoms with E-state index in [4.69, 9.17) is 39.5 Å². The molecule has 2 atom stereocenters. The van der Waals surface area contributed by atoms with Gasteiger partial charge in [-0.1, -0.05) is 34.8 Å². The maximum absolute atomic E-state index is 12.1. The maximum Gasteiger partial charge on any atom is 0.291 e. The largest absolute Gasteiger partial charge is 0.381 e. The van der Waals surface area contributed by atoms with Crippen LogP contribution in [0.5, 0.6) is 0 Å². The molecule has 0 saturated heterocycles. The number of hydrogen-bond acceptors (Lipinski definition) is 4. The summed E-state index contributed by atoms with van der Waals surface area (Å²) in [5.74, 6) is 0. The van der Waals surface area contributed by atoms with Crippen LogP contribution in [0.2, 0.25) is 15.1 Å². The lowest BCUT2D eigenvalue weighted by atomic mass is 10.2. The molecule has 1 fully saturated rings. The Balaban J connectivity index is 1.83. The van der Waals surface area contributed by atoms with Crippen molar-refractivity contribution in [3.05, 3.63) is 49.8 Å². The van der Waals surface area contributed by atoms with Crippen molar-refractivity contribution in [1.82, 2.24) is 9.78 Å². The quantitative estimate of drug-likeness (QED) is 0.854. The van der Waals surface area contributed by atoms with E-state index in [1.54, 1.807) is 19.2 Å². The monoisotopic (exact) mass is 387 g/mol. The van der Waals surface area contributed by atoms with Crippen molar-refractivity contribution in [2.24, 2.45) is 0 Å². The minimum absolute atomic E-state index is 0.0680. The zero-order valence-electron chi connectivity index (χ0n) is 12.9. The zero-order chi connectivity index (χ0) is 17.3. The Morgan fingerprint density at radius 3 is 2.71 bits per heavy atom. The molecule has 24 heavy (non-hydrogen) atoms. The standard InChI is InChI=1S/C16H16Cl3N3O2/c1-24-11-4-2-9(6-11)21-14-5-3-10(7-12(14)17)22-16(23)15(19)13(18)8-20-22/h3,5,7-9,11,21H,2,4,6H2,1H3. The van der Waals surface area contributed by atoms with E-state index in [1.807, 2.05) is 6.07 Å². The van der Waals surface area contributed by atoms with Crippen molar-refractivity contribution < 1.29 is 4.74 Å². The fraction of sp³-hybridized carbons (Fsp3) is 0.375. The van der Waals surface area contributed by atoms with E-state index in [9.17, 15) is 4.79 Å². The molecule has 0 bridgehead atoms. The Morgan fingerprint density at radius 2 is 2.04 bits per heavy atom. The number of halogens is 3. The van der Waals surface area contributed by atoms with Gasteiger partial charge in [-0.3, -0.25) is 4.79 Å². The second-order valence-electron chi connectivity index (χ2n) is 5.70. The molecular formula is C16H16Cl3N3O2. The lowest BCUT2D eigenvalue weighted by Crippen LogP contribution is -2.21. The SMILES string of the molecule is COC1CCC(Nc2ccc(-n3ncc(Cl)c(Cl)c3=O)cc2Cl)C1. The van der Waals surface area contributed by atoms with E-state index in [1.165, 1.54) is 10.9 Å². The fourth-order valence-electron chi connectivity index (χ4n) is 2.85. The van der Waals surface area contributed by atoms with Crippen LogP contribution in [-0.4, -0.2) is 29.0 Å². The first-order valence-corrected chi connectivity index (χ1v) is 8.65. The predicted molar refractivity (Wildman–Crippen MR) is 96.9 cm³/mol. The highest BCUT2D eigenvalue weighted by molar-refractivity contribution is 6.41. The van der Waals surface area contributed by atoms with E-state index in [0.29, 0.717) is 22.9 Å². The van der Waals surface area contributed by atoms with Crippen molar-refractivity contribution >= 4 is 40.5 Å². The molecule has 1 aromatic heterocycles. The summed E-state index contributed by atoms with van der Waals surface area (Å²) in [6.07, 6.45) is 4.63. The van der Waals surface area contributed by atoms with Gasteiger partial charge in [-0.2, -0.15) is 9.78 Å². The van der Waals surface area contributed by atoms with Crippen LogP contribution in [-0.2, 0) is 4.74 Å². The number of hydrogen-bond donors (Lipinski definition) is 1. The van der Waals surface area contributed by atoms with Crippen LogP contribution in [0, 0.1) is 0 Å². The zero-order valence-corrected chi connectivity index (χ0v) is 15.2. The number of aromatic nitrogens is 2. The molecule has 1 aliphatic carbocycles. The van der Waals surface area contributed by atoms with Crippen molar-refractivity contribution in [1.29, 1.82) is 0 Å². The number of nitrogens with one attached hydrogen (secondary N) is 1. The molecule has 0 aliphatic heterocycles. The summed E-state index contributed by atoms with van der Waals surface area (Å²) in [6.45, 7) is 0. The minimum atomic E-state index is -0.486. The summed E-state index contributed by atoms with van der Waals surface area (Å²) in [6, 6.07) is 5.58. The summed E-state index contributed by atoms with van der Waals surface area (Å²) in [5.41, 5.74) is 0.852. The predicted octanol–water partition coefficient (Wildman–Crippen LogP) is 4.17. The molecule has 1 aromatic carbocycles. The van der Waals surface area contributed by atoms with E-state index in [0.717, 1.165) is 24.9 Å². The van der Waals surface area contributed by atoms with Gasteiger partial charge in [0.2, 0.25) is 0 Å². The number of rotatable bonds is 4. The van der Waals surface area contributed by atoms with Crippen LogP contribution < -0.4 is 10.9 Å². The van der Waals surface area contributed by atoms with Crippen molar-refractivity contribution in [2.75, 3.05) is 12.4 Å². The van der Waals surface area contributed by atoms with Gasteiger partial charge in [0.25, 0.3) is 5.56 Å². The average Bonchev–Trinajstić information content (AvgIpc) is 3.02.